The molecule has 2 aromatic rings. The number of ether oxygens (including phenoxy) is 1. The number of carboxylic acids is 1. The predicted octanol–water partition coefficient (Wildman–Crippen LogP) is 4.46. The summed E-state index contributed by atoms with van der Waals surface area (Å²) in [4.78, 5) is 24.3. The van der Waals surface area contributed by atoms with Gasteiger partial charge in [0.1, 0.15) is 11.6 Å². The number of carbonyl (C=O) groups excluding carboxylic acids is 1. The smallest absolute Gasteiger partial charge is 0.412 e. The van der Waals surface area contributed by atoms with Crippen molar-refractivity contribution in [2.24, 2.45) is 0 Å². The summed E-state index contributed by atoms with van der Waals surface area (Å²) in [6.07, 6.45) is 2.69. The highest BCUT2D eigenvalue weighted by atomic mass is 32.1. The van der Waals surface area contributed by atoms with Crippen molar-refractivity contribution in [1.29, 1.82) is 0 Å². The lowest BCUT2D eigenvalue weighted by molar-refractivity contribution is 0.0698. The van der Waals surface area contributed by atoms with E-state index in [1.165, 1.54) is 17.8 Å². The largest absolute Gasteiger partial charge is 0.478 e. The summed E-state index contributed by atoms with van der Waals surface area (Å²) in [6.45, 7) is 0.149. The van der Waals surface area contributed by atoms with Crippen LogP contribution in [0.3, 0.4) is 0 Å². The van der Waals surface area contributed by atoms with E-state index in [0.29, 0.717) is 10.9 Å². The molecule has 1 fully saturated rings. The van der Waals surface area contributed by atoms with Gasteiger partial charge in [-0.05, 0) is 30.4 Å². The molecule has 120 valence electrons. The van der Waals surface area contributed by atoms with Gasteiger partial charge in [-0.3, -0.25) is 5.32 Å². The van der Waals surface area contributed by atoms with E-state index in [0.717, 1.165) is 23.3 Å². The molecular formula is C17H17NO4S. The molecule has 0 aliphatic heterocycles. The Bertz CT molecular complexity index is 707. The first-order valence-corrected chi connectivity index (χ1v) is 8.30. The van der Waals surface area contributed by atoms with Crippen molar-refractivity contribution in [3.8, 4) is 0 Å². The molecule has 0 spiro atoms. The van der Waals surface area contributed by atoms with Crippen molar-refractivity contribution < 1.29 is 19.4 Å². The molecular weight excluding hydrogens is 314 g/mol. The third-order valence-electron chi connectivity index (χ3n) is 3.92. The Morgan fingerprint density at radius 1 is 1.26 bits per heavy atom. The van der Waals surface area contributed by atoms with Crippen LogP contribution in [0.1, 0.15) is 46.0 Å². The van der Waals surface area contributed by atoms with E-state index >= 15 is 0 Å². The zero-order chi connectivity index (χ0) is 16.2. The standard InChI is InChI=1S/C17H17NO4S/c19-16(20)13-9-14(12-7-4-8-12)23-15(13)18-17(21)22-10-11-5-2-1-3-6-11/h1-3,5-6,9,12H,4,7-8,10H2,(H,18,21)(H,19,20). The molecule has 0 bridgehead atoms. The molecule has 3 rings (SSSR count). The summed E-state index contributed by atoms with van der Waals surface area (Å²) in [6, 6.07) is 11.0. The third-order valence-corrected chi connectivity index (χ3v) is 5.13. The molecule has 2 N–H and O–H groups in total. The second-order valence-electron chi connectivity index (χ2n) is 5.51. The van der Waals surface area contributed by atoms with Crippen molar-refractivity contribution in [2.75, 3.05) is 5.32 Å². The molecule has 1 aromatic heterocycles. The number of thiophene rings is 1. The van der Waals surface area contributed by atoms with E-state index in [1.807, 2.05) is 30.3 Å². The van der Waals surface area contributed by atoms with Gasteiger partial charge in [-0.1, -0.05) is 36.8 Å². The van der Waals surface area contributed by atoms with Crippen molar-refractivity contribution in [3.05, 3.63) is 52.4 Å². The van der Waals surface area contributed by atoms with Gasteiger partial charge in [0.25, 0.3) is 0 Å². The lowest BCUT2D eigenvalue weighted by Crippen LogP contribution is -2.14. The minimum absolute atomic E-state index is 0.133. The first kappa shape index (κ1) is 15.6. The Hall–Kier alpha value is -2.34. The monoisotopic (exact) mass is 331 g/mol. The van der Waals surface area contributed by atoms with Gasteiger partial charge in [-0.2, -0.15) is 0 Å². The molecule has 0 radical (unpaired) electrons. The number of aromatic carboxylic acids is 1. The normalized spacial score (nSPS) is 14.1. The van der Waals surface area contributed by atoms with Gasteiger partial charge in [-0.15, -0.1) is 11.3 Å². The lowest BCUT2D eigenvalue weighted by atomic mass is 9.84. The maximum absolute atomic E-state index is 11.9. The summed E-state index contributed by atoms with van der Waals surface area (Å²) in [5.74, 6) is -0.612. The summed E-state index contributed by atoms with van der Waals surface area (Å²) in [5, 5.41) is 12.2. The van der Waals surface area contributed by atoms with Gasteiger partial charge in [0, 0.05) is 4.88 Å². The second-order valence-corrected chi connectivity index (χ2v) is 6.60. The number of anilines is 1. The zero-order valence-corrected chi connectivity index (χ0v) is 13.3. The molecule has 5 nitrogen and oxygen atoms in total. The van der Waals surface area contributed by atoms with Crippen LogP contribution in [0.25, 0.3) is 0 Å². The lowest BCUT2D eigenvalue weighted by Gasteiger charge is -2.23. The van der Waals surface area contributed by atoms with E-state index in [1.54, 1.807) is 6.07 Å². The number of amides is 1. The fraction of sp³-hybridized carbons (Fsp3) is 0.294. The average molecular weight is 331 g/mol. The number of hydrogen-bond donors (Lipinski definition) is 2. The summed E-state index contributed by atoms with van der Waals surface area (Å²) in [7, 11) is 0. The third kappa shape index (κ3) is 3.71. The van der Waals surface area contributed by atoms with Crippen LogP contribution in [0.15, 0.2) is 36.4 Å². The van der Waals surface area contributed by atoms with Gasteiger partial charge < -0.3 is 9.84 Å². The molecule has 1 saturated carbocycles. The van der Waals surface area contributed by atoms with E-state index in [4.69, 9.17) is 4.74 Å². The molecule has 1 amide bonds. The Balaban J connectivity index is 1.65. The molecule has 0 atom stereocenters. The number of nitrogens with one attached hydrogen (secondary N) is 1. The minimum atomic E-state index is -1.04. The molecule has 1 aromatic carbocycles. The van der Waals surface area contributed by atoms with Crippen molar-refractivity contribution in [1.82, 2.24) is 0 Å². The number of hydrogen-bond acceptors (Lipinski definition) is 4. The van der Waals surface area contributed by atoms with Gasteiger partial charge >= 0.3 is 12.1 Å². The quantitative estimate of drug-likeness (QED) is 0.848. The highest BCUT2D eigenvalue weighted by Crippen LogP contribution is 2.42. The number of carboxylic acid groups (broad SMARTS) is 1. The van der Waals surface area contributed by atoms with E-state index in [9.17, 15) is 14.7 Å². The number of carbonyl (C=O) groups is 2. The van der Waals surface area contributed by atoms with Crippen LogP contribution in [-0.4, -0.2) is 17.2 Å². The molecule has 6 heteroatoms. The van der Waals surface area contributed by atoms with Gasteiger partial charge in [-0.25, -0.2) is 9.59 Å². The fourth-order valence-corrected chi connectivity index (χ4v) is 3.61. The topological polar surface area (TPSA) is 75.6 Å². The summed E-state index contributed by atoms with van der Waals surface area (Å²) >= 11 is 1.33. The van der Waals surface area contributed by atoms with Crippen LogP contribution in [-0.2, 0) is 11.3 Å². The fourth-order valence-electron chi connectivity index (χ4n) is 2.41. The molecule has 1 aliphatic carbocycles. The van der Waals surface area contributed by atoms with Crippen molar-refractivity contribution in [3.63, 3.8) is 0 Å². The van der Waals surface area contributed by atoms with E-state index in [2.05, 4.69) is 5.32 Å². The maximum atomic E-state index is 11.9. The SMILES string of the molecule is O=C(Nc1sc(C2CCC2)cc1C(=O)O)OCc1ccccc1. The Morgan fingerprint density at radius 3 is 2.61 bits per heavy atom. The second kappa shape index (κ2) is 6.83. The van der Waals surface area contributed by atoms with Gasteiger partial charge in [0.15, 0.2) is 0 Å². The Labute approximate surface area is 137 Å². The highest BCUT2D eigenvalue weighted by Gasteiger charge is 2.25. The van der Waals surface area contributed by atoms with Gasteiger partial charge in [0.2, 0.25) is 0 Å². The summed E-state index contributed by atoms with van der Waals surface area (Å²) < 4.78 is 5.14. The van der Waals surface area contributed by atoms with Crippen molar-refractivity contribution >= 4 is 28.4 Å². The van der Waals surface area contributed by atoms with Crippen LogP contribution >= 0.6 is 11.3 Å². The Kier molecular flexibility index (Phi) is 4.62. The Morgan fingerprint density at radius 2 is 2.00 bits per heavy atom. The van der Waals surface area contributed by atoms with Crippen molar-refractivity contribution in [2.45, 2.75) is 31.8 Å². The van der Waals surface area contributed by atoms with Crippen LogP contribution in [0.2, 0.25) is 0 Å². The molecule has 1 heterocycles. The molecule has 1 aliphatic rings. The number of rotatable bonds is 5. The predicted molar refractivity (Wildman–Crippen MR) is 88.1 cm³/mol. The summed E-state index contributed by atoms with van der Waals surface area (Å²) in [5.41, 5.74) is 1.01. The average Bonchev–Trinajstić information content (AvgIpc) is 2.88. The zero-order valence-electron chi connectivity index (χ0n) is 12.5. The maximum Gasteiger partial charge on any atom is 0.412 e. The van der Waals surface area contributed by atoms with Gasteiger partial charge in [0.05, 0.1) is 5.56 Å². The van der Waals surface area contributed by atoms with E-state index < -0.39 is 12.1 Å². The van der Waals surface area contributed by atoms with Crippen LogP contribution < -0.4 is 5.32 Å². The molecule has 23 heavy (non-hydrogen) atoms. The minimum Gasteiger partial charge on any atom is -0.478 e. The first-order chi connectivity index (χ1) is 11.1. The highest BCUT2D eigenvalue weighted by molar-refractivity contribution is 7.16. The van der Waals surface area contributed by atoms with Crippen LogP contribution in [0, 0.1) is 0 Å². The van der Waals surface area contributed by atoms with Crippen LogP contribution in [0.5, 0.6) is 0 Å². The van der Waals surface area contributed by atoms with E-state index in [-0.39, 0.29) is 12.2 Å². The number of benzene rings is 1. The first-order valence-electron chi connectivity index (χ1n) is 7.48. The molecule has 0 unspecified atom stereocenters. The molecule has 0 saturated heterocycles. The van der Waals surface area contributed by atoms with Crippen LogP contribution in [0.4, 0.5) is 9.80 Å².